The van der Waals surface area contributed by atoms with Crippen LogP contribution in [0.2, 0.25) is 0 Å². The molecule has 0 radical (unpaired) electrons. The van der Waals surface area contributed by atoms with Crippen molar-refractivity contribution in [2.75, 3.05) is 44.2 Å². The molecule has 2 saturated heterocycles. The first kappa shape index (κ1) is 20.6. The first-order valence-electron chi connectivity index (χ1n) is 10.1. The van der Waals surface area contributed by atoms with Gasteiger partial charge in [-0.05, 0) is 38.9 Å². The number of anilines is 1. The Kier molecular flexibility index (Phi) is 6.54. The van der Waals surface area contributed by atoms with E-state index in [4.69, 9.17) is 4.74 Å². The van der Waals surface area contributed by atoms with Crippen LogP contribution in [-0.4, -0.2) is 67.0 Å². The zero-order valence-corrected chi connectivity index (χ0v) is 17.0. The number of rotatable bonds is 7. The maximum absolute atomic E-state index is 14.2. The highest BCUT2D eigenvalue weighted by Gasteiger charge is 2.35. The van der Waals surface area contributed by atoms with E-state index in [9.17, 15) is 14.0 Å². The smallest absolute Gasteiger partial charge is 0.232 e. The molecule has 0 aromatic heterocycles. The Hall–Kier alpha value is -2.15. The van der Waals surface area contributed by atoms with Gasteiger partial charge in [-0.1, -0.05) is 13.0 Å². The van der Waals surface area contributed by atoms with Crippen LogP contribution in [0.1, 0.15) is 33.6 Å². The topological polar surface area (TPSA) is 53.1 Å². The second kappa shape index (κ2) is 8.90. The largest absolute Gasteiger partial charge is 0.486 e. The lowest BCUT2D eigenvalue weighted by Crippen LogP contribution is -2.47. The second-order valence-corrected chi connectivity index (χ2v) is 7.93. The molecule has 1 atom stereocenters. The summed E-state index contributed by atoms with van der Waals surface area (Å²) in [6, 6.07) is 5.05. The summed E-state index contributed by atoms with van der Waals surface area (Å²) in [4.78, 5) is 29.7. The van der Waals surface area contributed by atoms with Gasteiger partial charge in [0.1, 0.15) is 0 Å². The molecule has 28 heavy (non-hydrogen) atoms. The zero-order chi connectivity index (χ0) is 20.3. The van der Waals surface area contributed by atoms with Gasteiger partial charge in [-0.3, -0.25) is 19.4 Å². The molecular weight excluding hydrogens is 361 g/mol. The number of para-hydroxylation sites is 1. The fourth-order valence-electron chi connectivity index (χ4n) is 3.85. The van der Waals surface area contributed by atoms with Gasteiger partial charge in [-0.2, -0.15) is 0 Å². The number of hydrogen-bond donors (Lipinski definition) is 0. The van der Waals surface area contributed by atoms with E-state index in [0.29, 0.717) is 18.7 Å². The number of likely N-dealkylation sites (tertiary alicyclic amines) is 1. The van der Waals surface area contributed by atoms with Crippen molar-refractivity contribution in [3.63, 3.8) is 0 Å². The number of hydrogen-bond acceptors (Lipinski definition) is 5. The fraction of sp³-hybridized carbons (Fsp3) is 0.619. The van der Waals surface area contributed by atoms with E-state index < -0.39 is 0 Å². The number of amides is 2. The number of nitrogens with zero attached hydrogens (tertiary/aromatic N) is 3. The van der Waals surface area contributed by atoms with Crippen LogP contribution in [-0.2, 0) is 9.59 Å². The van der Waals surface area contributed by atoms with Gasteiger partial charge in [-0.25, -0.2) is 4.39 Å². The van der Waals surface area contributed by atoms with Crippen molar-refractivity contribution in [3.8, 4) is 5.75 Å². The van der Waals surface area contributed by atoms with E-state index in [0.717, 1.165) is 44.8 Å². The molecule has 0 bridgehead atoms. The fourth-order valence-corrected chi connectivity index (χ4v) is 3.85. The summed E-state index contributed by atoms with van der Waals surface area (Å²) in [5.41, 5.74) is 0.801. The molecule has 1 aromatic rings. The van der Waals surface area contributed by atoms with Gasteiger partial charge in [0, 0.05) is 45.1 Å². The molecule has 3 rings (SSSR count). The molecule has 0 N–H and O–H groups in total. The van der Waals surface area contributed by atoms with Crippen molar-refractivity contribution in [1.82, 2.24) is 9.80 Å². The molecule has 7 heteroatoms. The van der Waals surface area contributed by atoms with Crippen LogP contribution < -0.4 is 9.64 Å². The van der Waals surface area contributed by atoms with E-state index in [-0.39, 0.29) is 29.7 Å². The van der Waals surface area contributed by atoms with Crippen LogP contribution >= 0.6 is 0 Å². The van der Waals surface area contributed by atoms with Crippen LogP contribution in [0.4, 0.5) is 10.1 Å². The lowest BCUT2D eigenvalue weighted by molar-refractivity contribution is -0.139. The zero-order valence-electron chi connectivity index (χ0n) is 17.0. The van der Waals surface area contributed by atoms with Crippen LogP contribution in [0.25, 0.3) is 0 Å². The summed E-state index contributed by atoms with van der Waals surface area (Å²) in [6.07, 6.45) is 1.04. The van der Waals surface area contributed by atoms with Gasteiger partial charge in [-0.15, -0.1) is 0 Å². The Balaban J connectivity index is 1.49. The molecular formula is C21H30FN3O3. The van der Waals surface area contributed by atoms with Crippen molar-refractivity contribution in [3.05, 3.63) is 24.0 Å². The highest BCUT2D eigenvalue weighted by atomic mass is 19.1. The van der Waals surface area contributed by atoms with Gasteiger partial charge >= 0.3 is 0 Å². The Morgan fingerprint density at radius 3 is 2.46 bits per heavy atom. The monoisotopic (exact) mass is 391 g/mol. The van der Waals surface area contributed by atoms with Gasteiger partial charge in [0.25, 0.3) is 0 Å². The SMILES string of the molecule is CC(C)Oc1c(F)cccc1N1CCN(CCCN2C(=O)CC(C)C2=O)CC1. The average molecular weight is 391 g/mol. The van der Waals surface area contributed by atoms with Gasteiger partial charge < -0.3 is 9.64 Å². The number of benzene rings is 1. The average Bonchev–Trinajstić information content (AvgIpc) is 2.90. The number of ether oxygens (including phenoxy) is 1. The molecule has 154 valence electrons. The molecule has 2 fully saturated rings. The molecule has 0 aliphatic carbocycles. The maximum atomic E-state index is 14.2. The number of halogens is 1. The summed E-state index contributed by atoms with van der Waals surface area (Å²) < 4.78 is 19.9. The molecule has 1 aromatic carbocycles. The molecule has 2 amide bonds. The normalized spacial score (nSPS) is 21.1. The third-order valence-electron chi connectivity index (χ3n) is 5.34. The van der Waals surface area contributed by atoms with Gasteiger partial charge in [0.2, 0.25) is 11.8 Å². The van der Waals surface area contributed by atoms with Crippen LogP contribution in [0, 0.1) is 11.7 Å². The Labute approximate surface area is 166 Å². The minimum absolute atomic E-state index is 0.0430. The minimum atomic E-state index is -0.331. The quantitative estimate of drug-likeness (QED) is 0.669. The van der Waals surface area contributed by atoms with Crippen molar-refractivity contribution < 1.29 is 18.7 Å². The van der Waals surface area contributed by atoms with Crippen LogP contribution in [0.5, 0.6) is 5.75 Å². The van der Waals surface area contributed by atoms with E-state index in [1.165, 1.54) is 11.0 Å². The first-order chi connectivity index (χ1) is 13.4. The lowest BCUT2D eigenvalue weighted by Gasteiger charge is -2.37. The summed E-state index contributed by atoms with van der Waals surface area (Å²) in [5.74, 6) is -0.275. The standard InChI is InChI=1S/C21H30FN3O3/c1-15(2)28-20-17(22)6-4-7-18(20)24-12-10-23(11-13-24)8-5-9-25-19(26)14-16(3)21(25)27/h4,6-7,15-16H,5,8-14H2,1-3H3. The highest BCUT2D eigenvalue weighted by molar-refractivity contribution is 6.03. The molecule has 2 aliphatic rings. The predicted octanol–water partition coefficient (Wildman–Crippen LogP) is 2.52. The molecule has 1 unspecified atom stereocenters. The first-order valence-corrected chi connectivity index (χ1v) is 10.1. The van der Waals surface area contributed by atoms with E-state index in [1.54, 1.807) is 6.07 Å². The summed E-state index contributed by atoms with van der Waals surface area (Å²) in [5, 5.41) is 0. The Bertz CT molecular complexity index is 717. The Morgan fingerprint density at radius 1 is 1.14 bits per heavy atom. The molecule has 0 saturated carbocycles. The van der Waals surface area contributed by atoms with Crippen molar-refractivity contribution in [1.29, 1.82) is 0 Å². The molecule has 6 nitrogen and oxygen atoms in total. The molecule has 0 spiro atoms. The Morgan fingerprint density at radius 2 is 1.86 bits per heavy atom. The third-order valence-corrected chi connectivity index (χ3v) is 5.34. The van der Waals surface area contributed by atoms with Crippen molar-refractivity contribution >= 4 is 17.5 Å². The highest BCUT2D eigenvalue weighted by Crippen LogP contribution is 2.32. The third kappa shape index (κ3) is 4.63. The number of carbonyl (C=O) groups excluding carboxylic acids is 2. The number of imide groups is 1. The second-order valence-electron chi connectivity index (χ2n) is 7.93. The molecule has 2 heterocycles. The van der Waals surface area contributed by atoms with Crippen molar-refractivity contribution in [2.24, 2.45) is 5.92 Å². The maximum Gasteiger partial charge on any atom is 0.232 e. The van der Waals surface area contributed by atoms with Crippen LogP contribution in [0.15, 0.2) is 18.2 Å². The number of carbonyl (C=O) groups is 2. The lowest BCUT2D eigenvalue weighted by atomic mass is 10.1. The van der Waals surface area contributed by atoms with Crippen molar-refractivity contribution in [2.45, 2.75) is 39.7 Å². The summed E-state index contributed by atoms with van der Waals surface area (Å²) in [6.45, 7) is 10.2. The summed E-state index contributed by atoms with van der Waals surface area (Å²) in [7, 11) is 0. The van der Waals surface area contributed by atoms with E-state index in [2.05, 4.69) is 9.80 Å². The molecule has 2 aliphatic heterocycles. The summed E-state index contributed by atoms with van der Waals surface area (Å²) >= 11 is 0. The van der Waals surface area contributed by atoms with E-state index >= 15 is 0 Å². The minimum Gasteiger partial charge on any atom is -0.486 e. The van der Waals surface area contributed by atoms with Gasteiger partial charge in [0.05, 0.1) is 11.8 Å². The predicted molar refractivity (Wildman–Crippen MR) is 106 cm³/mol. The van der Waals surface area contributed by atoms with Crippen LogP contribution in [0.3, 0.4) is 0 Å². The van der Waals surface area contributed by atoms with Gasteiger partial charge in [0.15, 0.2) is 11.6 Å². The number of piperazine rings is 1. The van der Waals surface area contributed by atoms with E-state index in [1.807, 2.05) is 26.8 Å².